The van der Waals surface area contributed by atoms with Crippen molar-refractivity contribution in [2.75, 3.05) is 38.3 Å². The number of carbonyl (C=O) groups excluding carboxylic acids is 2. The predicted molar refractivity (Wildman–Crippen MR) is 108 cm³/mol. The molecule has 6 heteroatoms. The van der Waals surface area contributed by atoms with Crippen molar-refractivity contribution in [1.82, 2.24) is 4.90 Å². The van der Waals surface area contributed by atoms with E-state index in [1.165, 1.54) is 6.42 Å². The fraction of sp³-hybridized carbons (Fsp3) is 0.600. The second kappa shape index (κ2) is 9.42. The summed E-state index contributed by atoms with van der Waals surface area (Å²) in [6.07, 6.45) is 3.17. The minimum Gasteiger partial charge on any atom is -0.337 e. The average molecular weight is 379 g/mol. The Labute approximate surface area is 161 Å². The van der Waals surface area contributed by atoms with Gasteiger partial charge in [0.25, 0.3) is 11.8 Å². The van der Waals surface area contributed by atoms with Crippen molar-refractivity contribution in [3.8, 4) is 0 Å². The minimum absolute atomic E-state index is 0.0657. The summed E-state index contributed by atoms with van der Waals surface area (Å²) in [6.45, 7) is 8.25. The largest absolute Gasteiger partial charge is 0.337 e. The van der Waals surface area contributed by atoms with Crippen molar-refractivity contribution in [3.63, 3.8) is 0 Å². The van der Waals surface area contributed by atoms with E-state index >= 15 is 0 Å². The Morgan fingerprint density at radius 3 is 2.50 bits per heavy atom. The summed E-state index contributed by atoms with van der Waals surface area (Å²) >= 11 is 1.60. The van der Waals surface area contributed by atoms with E-state index in [9.17, 15) is 9.59 Å². The van der Waals surface area contributed by atoms with Crippen LogP contribution in [-0.4, -0.2) is 55.7 Å². The second-order valence-corrected chi connectivity index (χ2v) is 8.53. The molecule has 0 spiro atoms. The number of likely N-dealkylation sites (N-methyl/N-ethyl adjacent to an activating group) is 1. The predicted octanol–water partition coefficient (Wildman–Crippen LogP) is 1.75. The summed E-state index contributed by atoms with van der Waals surface area (Å²) in [5.41, 5.74) is 0.829. The maximum atomic E-state index is 12.8. The van der Waals surface area contributed by atoms with Gasteiger partial charge in [0, 0.05) is 18.0 Å². The lowest BCUT2D eigenvalue weighted by Gasteiger charge is -2.36. The first-order valence-corrected chi connectivity index (χ1v) is 10.6. The van der Waals surface area contributed by atoms with Gasteiger partial charge in [0.05, 0.1) is 12.7 Å². The number of nitrogens with zero attached hydrogens (tertiary/aromatic N) is 1. The zero-order valence-electron chi connectivity index (χ0n) is 16.5. The molecule has 0 aliphatic carbocycles. The third-order valence-electron chi connectivity index (χ3n) is 5.11. The van der Waals surface area contributed by atoms with E-state index in [1.807, 2.05) is 49.4 Å². The highest BCUT2D eigenvalue weighted by atomic mass is 32.2. The molecular formula is C20H32N3O2S+. The molecule has 2 rings (SSSR count). The Hall–Kier alpha value is -1.53. The molecule has 0 aromatic heterocycles. The van der Waals surface area contributed by atoms with Gasteiger partial charge < -0.3 is 15.1 Å². The van der Waals surface area contributed by atoms with Crippen LogP contribution in [0.15, 0.2) is 29.2 Å². The van der Waals surface area contributed by atoms with Gasteiger partial charge in [-0.25, -0.2) is 0 Å². The Bertz CT molecular complexity index is 627. The topological polar surface area (TPSA) is 53.9 Å². The molecule has 1 aliphatic rings. The third-order valence-corrected chi connectivity index (χ3v) is 5.91. The molecule has 1 aliphatic heterocycles. The van der Waals surface area contributed by atoms with Crippen LogP contribution in [0.5, 0.6) is 0 Å². The third kappa shape index (κ3) is 5.48. The first-order valence-electron chi connectivity index (χ1n) is 9.35. The first-order chi connectivity index (χ1) is 12.3. The lowest BCUT2D eigenvalue weighted by atomic mass is 9.91. The SMILES string of the molecule is CSc1ccccc1NC(=O)C[NH+](C)[C@H](C)C(=O)N1C[C@@H](C)C[C@H](C)C1. The molecule has 144 valence electrons. The highest BCUT2D eigenvalue weighted by molar-refractivity contribution is 7.98. The molecule has 1 unspecified atom stereocenters. The lowest BCUT2D eigenvalue weighted by Crippen LogP contribution is -3.15. The molecule has 2 N–H and O–H groups in total. The number of anilines is 1. The van der Waals surface area contributed by atoms with E-state index in [0.717, 1.165) is 28.6 Å². The van der Waals surface area contributed by atoms with Crippen LogP contribution in [0.4, 0.5) is 5.69 Å². The smallest absolute Gasteiger partial charge is 0.280 e. The molecule has 26 heavy (non-hydrogen) atoms. The quantitative estimate of drug-likeness (QED) is 0.742. The molecule has 0 saturated carbocycles. The van der Waals surface area contributed by atoms with E-state index < -0.39 is 0 Å². The van der Waals surface area contributed by atoms with Gasteiger partial charge in [-0.05, 0) is 43.6 Å². The number of thioether (sulfide) groups is 1. The van der Waals surface area contributed by atoms with Crippen LogP contribution < -0.4 is 10.2 Å². The molecule has 1 fully saturated rings. The van der Waals surface area contributed by atoms with Gasteiger partial charge in [-0.1, -0.05) is 26.0 Å². The summed E-state index contributed by atoms with van der Waals surface area (Å²) in [7, 11) is 1.92. The summed E-state index contributed by atoms with van der Waals surface area (Å²) < 4.78 is 0. The van der Waals surface area contributed by atoms with Crippen LogP contribution in [0.2, 0.25) is 0 Å². The summed E-state index contributed by atoms with van der Waals surface area (Å²) in [5.74, 6) is 1.17. The average Bonchev–Trinajstić information content (AvgIpc) is 2.59. The Balaban J connectivity index is 1.92. The fourth-order valence-electron chi connectivity index (χ4n) is 3.68. The molecule has 1 saturated heterocycles. The monoisotopic (exact) mass is 378 g/mol. The summed E-state index contributed by atoms with van der Waals surface area (Å²) in [5, 5.41) is 2.97. The zero-order chi connectivity index (χ0) is 19.3. The molecule has 0 radical (unpaired) electrons. The number of nitrogens with one attached hydrogen (secondary N) is 2. The van der Waals surface area contributed by atoms with E-state index in [2.05, 4.69) is 19.2 Å². The number of amides is 2. The minimum atomic E-state index is -0.228. The van der Waals surface area contributed by atoms with Gasteiger partial charge in [0.1, 0.15) is 0 Å². The summed E-state index contributed by atoms with van der Waals surface area (Å²) in [6, 6.07) is 7.54. The Morgan fingerprint density at radius 1 is 1.27 bits per heavy atom. The van der Waals surface area contributed by atoms with Gasteiger partial charge in [-0.15, -0.1) is 11.8 Å². The number of benzene rings is 1. The first kappa shape index (κ1) is 20.8. The number of hydrogen-bond donors (Lipinski definition) is 2. The molecular weight excluding hydrogens is 346 g/mol. The van der Waals surface area contributed by atoms with Gasteiger partial charge in [-0.2, -0.15) is 0 Å². The van der Waals surface area contributed by atoms with E-state index in [-0.39, 0.29) is 24.4 Å². The van der Waals surface area contributed by atoms with Gasteiger partial charge >= 0.3 is 0 Å². The van der Waals surface area contributed by atoms with Crippen molar-refractivity contribution in [3.05, 3.63) is 24.3 Å². The van der Waals surface area contributed by atoms with E-state index in [4.69, 9.17) is 0 Å². The molecule has 1 aromatic carbocycles. The number of piperidine rings is 1. The standard InChI is InChI=1S/C20H31N3O2S/c1-14-10-15(2)12-23(11-14)20(25)16(3)22(4)13-19(24)21-17-8-6-7-9-18(17)26-5/h6-9,14-16H,10-13H2,1-5H3,(H,21,24)/p+1/t14-,15-,16+/m0/s1. The van der Waals surface area contributed by atoms with Crippen LogP contribution >= 0.6 is 11.8 Å². The fourth-order valence-corrected chi connectivity index (χ4v) is 4.23. The highest BCUT2D eigenvalue weighted by Crippen LogP contribution is 2.24. The number of likely N-dealkylation sites (tertiary alicyclic amines) is 1. The molecule has 1 heterocycles. The Morgan fingerprint density at radius 2 is 1.88 bits per heavy atom. The van der Waals surface area contributed by atoms with Crippen molar-refractivity contribution in [2.45, 2.75) is 38.1 Å². The highest BCUT2D eigenvalue weighted by Gasteiger charge is 2.32. The number of rotatable bonds is 6. The number of hydrogen-bond acceptors (Lipinski definition) is 3. The van der Waals surface area contributed by atoms with Crippen molar-refractivity contribution in [1.29, 1.82) is 0 Å². The molecule has 2 amide bonds. The molecule has 0 bridgehead atoms. The zero-order valence-corrected chi connectivity index (χ0v) is 17.4. The lowest BCUT2D eigenvalue weighted by molar-refractivity contribution is -0.886. The maximum Gasteiger partial charge on any atom is 0.280 e. The number of quaternary nitrogens is 1. The molecule has 1 aromatic rings. The van der Waals surface area contributed by atoms with Crippen LogP contribution in [0, 0.1) is 11.8 Å². The van der Waals surface area contributed by atoms with Crippen LogP contribution in [0.25, 0.3) is 0 Å². The number of carbonyl (C=O) groups is 2. The van der Waals surface area contributed by atoms with Crippen molar-refractivity contribution >= 4 is 29.3 Å². The van der Waals surface area contributed by atoms with Gasteiger partial charge in [0.15, 0.2) is 12.6 Å². The second-order valence-electron chi connectivity index (χ2n) is 7.68. The van der Waals surface area contributed by atoms with E-state index in [0.29, 0.717) is 11.8 Å². The summed E-state index contributed by atoms with van der Waals surface area (Å²) in [4.78, 5) is 29.2. The number of para-hydroxylation sites is 1. The van der Waals surface area contributed by atoms with Crippen LogP contribution in [0.3, 0.4) is 0 Å². The molecule has 4 atom stereocenters. The van der Waals surface area contributed by atoms with Gasteiger partial charge in [0.2, 0.25) is 0 Å². The normalized spacial score (nSPS) is 22.6. The van der Waals surface area contributed by atoms with Crippen molar-refractivity contribution in [2.24, 2.45) is 11.8 Å². The Kier molecular flexibility index (Phi) is 7.53. The van der Waals surface area contributed by atoms with Crippen LogP contribution in [0.1, 0.15) is 27.2 Å². The van der Waals surface area contributed by atoms with E-state index in [1.54, 1.807) is 11.8 Å². The maximum absolute atomic E-state index is 12.8. The molecule has 5 nitrogen and oxygen atoms in total. The van der Waals surface area contributed by atoms with Crippen LogP contribution in [-0.2, 0) is 9.59 Å². The van der Waals surface area contributed by atoms with Gasteiger partial charge in [-0.3, -0.25) is 9.59 Å². The van der Waals surface area contributed by atoms with Crippen molar-refractivity contribution < 1.29 is 14.5 Å².